The summed E-state index contributed by atoms with van der Waals surface area (Å²) in [7, 11) is 0. The minimum absolute atomic E-state index is 0.223. The van der Waals surface area contributed by atoms with Crippen LogP contribution in [0.2, 0.25) is 0 Å². The molecule has 1 aromatic heterocycles. The number of carbonyl (C=O) groups is 1. The molecule has 0 aliphatic rings. The predicted octanol–water partition coefficient (Wildman–Crippen LogP) is 4.40. The number of nitrogens with zero attached hydrogens (tertiary/aromatic N) is 2. The van der Waals surface area contributed by atoms with Crippen LogP contribution in [0.15, 0.2) is 54.9 Å². The van der Waals surface area contributed by atoms with Gasteiger partial charge in [0.2, 0.25) is 5.95 Å². The quantitative estimate of drug-likeness (QED) is 0.743. The van der Waals surface area contributed by atoms with Crippen LogP contribution in [0.1, 0.15) is 27.0 Å². The fourth-order valence-electron chi connectivity index (χ4n) is 2.47. The smallest absolute Gasteiger partial charge is 0.258 e. The summed E-state index contributed by atoms with van der Waals surface area (Å²) < 4.78 is 0. The van der Waals surface area contributed by atoms with E-state index < -0.39 is 0 Å². The Hall–Kier alpha value is -3.21. The summed E-state index contributed by atoms with van der Waals surface area (Å²) in [6, 6.07) is 13.8. The zero-order chi connectivity index (χ0) is 17.8. The van der Waals surface area contributed by atoms with Gasteiger partial charge in [-0.3, -0.25) is 4.79 Å². The zero-order valence-corrected chi connectivity index (χ0v) is 14.5. The normalized spacial score (nSPS) is 10.4. The lowest BCUT2D eigenvalue weighted by atomic mass is 10.1. The van der Waals surface area contributed by atoms with Crippen LogP contribution in [-0.2, 0) is 0 Å². The predicted molar refractivity (Wildman–Crippen MR) is 100 cm³/mol. The maximum Gasteiger partial charge on any atom is 0.258 e. The second-order valence-corrected chi connectivity index (χ2v) is 6.01. The molecule has 3 rings (SSSR count). The van der Waals surface area contributed by atoms with Crippen LogP contribution in [0.3, 0.4) is 0 Å². The second-order valence-electron chi connectivity index (χ2n) is 6.01. The number of nitrogens with one attached hydrogen (secondary N) is 2. The van der Waals surface area contributed by atoms with Gasteiger partial charge in [0.25, 0.3) is 5.91 Å². The van der Waals surface area contributed by atoms with Crippen LogP contribution < -0.4 is 10.6 Å². The van der Waals surface area contributed by atoms with Gasteiger partial charge in [0.15, 0.2) is 0 Å². The molecule has 0 saturated carbocycles. The van der Waals surface area contributed by atoms with Crippen LogP contribution in [0, 0.1) is 20.8 Å². The molecular formula is C20H20N4O. The molecule has 2 N–H and O–H groups in total. The Balaban J connectivity index is 1.71. The number of aromatic nitrogens is 2. The molecule has 1 amide bonds. The SMILES string of the molecule is Cc1ccc(Nc2ncc(C(=O)Nc3c(C)cccc3C)cn2)cc1. The first-order valence-corrected chi connectivity index (χ1v) is 8.06. The lowest BCUT2D eigenvalue weighted by Gasteiger charge is -2.11. The fourth-order valence-corrected chi connectivity index (χ4v) is 2.47. The third kappa shape index (κ3) is 4.01. The van der Waals surface area contributed by atoms with Crippen molar-refractivity contribution in [2.75, 3.05) is 10.6 Å². The fraction of sp³-hybridized carbons (Fsp3) is 0.150. The standard InChI is InChI=1S/C20H20N4O/c1-13-7-9-17(10-8-13)23-20-21-11-16(12-22-20)19(25)24-18-14(2)5-4-6-15(18)3/h4-12H,1-3H3,(H,24,25)(H,21,22,23). The largest absolute Gasteiger partial charge is 0.324 e. The molecule has 0 fully saturated rings. The van der Waals surface area contributed by atoms with Gasteiger partial charge in [-0.25, -0.2) is 9.97 Å². The van der Waals surface area contributed by atoms with E-state index in [4.69, 9.17) is 0 Å². The molecule has 0 saturated heterocycles. The van der Waals surface area contributed by atoms with E-state index >= 15 is 0 Å². The molecule has 0 spiro atoms. The molecule has 0 unspecified atom stereocenters. The summed E-state index contributed by atoms with van der Waals surface area (Å²) in [6.07, 6.45) is 3.04. The highest BCUT2D eigenvalue weighted by Crippen LogP contribution is 2.20. The molecule has 3 aromatic rings. The van der Waals surface area contributed by atoms with E-state index in [0.717, 1.165) is 22.5 Å². The van der Waals surface area contributed by atoms with E-state index in [1.165, 1.54) is 18.0 Å². The highest BCUT2D eigenvalue weighted by Gasteiger charge is 2.11. The molecule has 2 aromatic carbocycles. The molecule has 126 valence electrons. The third-order valence-corrected chi connectivity index (χ3v) is 3.94. The van der Waals surface area contributed by atoms with Crippen molar-refractivity contribution in [1.82, 2.24) is 9.97 Å². The minimum Gasteiger partial charge on any atom is -0.324 e. The first-order valence-electron chi connectivity index (χ1n) is 8.06. The number of aryl methyl sites for hydroxylation is 3. The molecule has 0 bridgehead atoms. The maximum absolute atomic E-state index is 12.4. The topological polar surface area (TPSA) is 66.9 Å². The van der Waals surface area contributed by atoms with Crippen molar-refractivity contribution in [3.63, 3.8) is 0 Å². The average Bonchev–Trinajstić information content (AvgIpc) is 2.61. The number of hydrogen-bond acceptors (Lipinski definition) is 4. The van der Waals surface area contributed by atoms with Gasteiger partial charge in [0.1, 0.15) is 0 Å². The maximum atomic E-state index is 12.4. The van der Waals surface area contributed by atoms with Gasteiger partial charge < -0.3 is 10.6 Å². The van der Waals surface area contributed by atoms with E-state index in [0.29, 0.717) is 11.5 Å². The van der Waals surface area contributed by atoms with Gasteiger partial charge in [-0.2, -0.15) is 0 Å². The molecular weight excluding hydrogens is 312 g/mol. The molecule has 5 nitrogen and oxygen atoms in total. The van der Waals surface area contributed by atoms with E-state index in [9.17, 15) is 4.79 Å². The summed E-state index contributed by atoms with van der Waals surface area (Å²) in [5.74, 6) is 0.228. The van der Waals surface area contributed by atoms with Crippen LogP contribution in [0.25, 0.3) is 0 Å². The number of carbonyl (C=O) groups excluding carboxylic acids is 1. The Bertz CT molecular complexity index is 866. The zero-order valence-electron chi connectivity index (χ0n) is 14.5. The van der Waals surface area contributed by atoms with Gasteiger partial charge in [0.05, 0.1) is 5.56 Å². The Morgan fingerprint density at radius 2 is 1.48 bits per heavy atom. The Morgan fingerprint density at radius 3 is 2.08 bits per heavy atom. The molecule has 5 heteroatoms. The summed E-state index contributed by atoms with van der Waals surface area (Å²) in [6.45, 7) is 5.96. The summed E-state index contributed by atoms with van der Waals surface area (Å²) in [5, 5.41) is 6.04. The number of hydrogen-bond donors (Lipinski definition) is 2. The molecule has 0 aliphatic heterocycles. The van der Waals surface area contributed by atoms with Gasteiger partial charge in [-0.05, 0) is 44.0 Å². The van der Waals surface area contributed by atoms with Crippen LogP contribution >= 0.6 is 0 Å². The minimum atomic E-state index is -0.223. The van der Waals surface area contributed by atoms with Gasteiger partial charge in [0, 0.05) is 23.8 Å². The molecule has 0 aliphatic carbocycles. The number of para-hydroxylation sites is 1. The number of rotatable bonds is 4. The lowest BCUT2D eigenvalue weighted by molar-refractivity contribution is 0.102. The van der Waals surface area contributed by atoms with Crippen LogP contribution in [-0.4, -0.2) is 15.9 Å². The number of anilines is 3. The Morgan fingerprint density at radius 1 is 0.880 bits per heavy atom. The third-order valence-electron chi connectivity index (χ3n) is 3.94. The van der Waals surface area contributed by atoms with Crippen molar-refractivity contribution in [1.29, 1.82) is 0 Å². The summed E-state index contributed by atoms with van der Waals surface area (Å²) in [4.78, 5) is 20.9. The Labute approximate surface area is 147 Å². The highest BCUT2D eigenvalue weighted by molar-refractivity contribution is 6.04. The summed E-state index contributed by atoms with van der Waals surface area (Å²) >= 11 is 0. The molecule has 1 heterocycles. The van der Waals surface area contributed by atoms with Crippen LogP contribution in [0.4, 0.5) is 17.3 Å². The highest BCUT2D eigenvalue weighted by atomic mass is 16.1. The second kappa shape index (κ2) is 7.13. The first kappa shape index (κ1) is 16.6. The van der Waals surface area contributed by atoms with Crippen molar-refractivity contribution >= 4 is 23.2 Å². The lowest BCUT2D eigenvalue weighted by Crippen LogP contribution is -2.14. The van der Waals surface area contributed by atoms with Crippen molar-refractivity contribution in [3.8, 4) is 0 Å². The van der Waals surface area contributed by atoms with E-state index in [1.54, 1.807) is 0 Å². The van der Waals surface area contributed by atoms with E-state index in [-0.39, 0.29) is 5.91 Å². The van der Waals surface area contributed by atoms with E-state index in [2.05, 4.69) is 20.6 Å². The van der Waals surface area contributed by atoms with Crippen molar-refractivity contribution in [2.24, 2.45) is 0 Å². The van der Waals surface area contributed by atoms with E-state index in [1.807, 2.05) is 63.2 Å². The van der Waals surface area contributed by atoms with Gasteiger partial charge in [-0.15, -0.1) is 0 Å². The van der Waals surface area contributed by atoms with Crippen molar-refractivity contribution < 1.29 is 4.79 Å². The number of amides is 1. The molecule has 25 heavy (non-hydrogen) atoms. The average molecular weight is 332 g/mol. The van der Waals surface area contributed by atoms with Crippen molar-refractivity contribution in [3.05, 3.63) is 77.1 Å². The first-order chi connectivity index (χ1) is 12.0. The number of benzene rings is 2. The monoisotopic (exact) mass is 332 g/mol. The van der Waals surface area contributed by atoms with Gasteiger partial charge in [-0.1, -0.05) is 35.9 Å². The molecule has 0 radical (unpaired) electrons. The summed E-state index contributed by atoms with van der Waals surface area (Å²) in [5.41, 5.74) is 5.37. The van der Waals surface area contributed by atoms with Crippen LogP contribution in [0.5, 0.6) is 0 Å². The molecule has 0 atom stereocenters. The van der Waals surface area contributed by atoms with Gasteiger partial charge >= 0.3 is 0 Å². The Kier molecular flexibility index (Phi) is 4.75. The van der Waals surface area contributed by atoms with Crippen molar-refractivity contribution in [2.45, 2.75) is 20.8 Å².